The van der Waals surface area contributed by atoms with Crippen molar-refractivity contribution in [3.8, 4) is 0 Å². The molecule has 0 radical (unpaired) electrons. The first kappa shape index (κ1) is 14.7. The number of aliphatic hydroxyl groups is 2. The van der Waals surface area contributed by atoms with Crippen molar-refractivity contribution in [2.24, 2.45) is 23.7 Å². The van der Waals surface area contributed by atoms with Gasteiger partial charge in [0.25, 0.3) is 0 Å². The summed E-state index contributed by atoms with van der Waals surface area (Å²) in [6, 6.07) is 19.8. The molecule has 0 spiro atoms. The Balaban J connectivity index is 1.88. The predicted molar refractivity (Wildman–Crippen MR) is 90.7 cm³/mol. The molecule has 2 heteroatoms. The topological polar surface area (TPSA) is 40.5 Å². The zero-order valence-corrected chi connectivity index (χ0v) is 13.0. The molecule has 0 unspecified atom stereocenters. The number of aliphatic hydroxyl groups excluding tert-OH is 1. The molecule has 0 aliphatic heterocycles. The van der Waals surface area contributed by atoms with Crippen LogP contribution in [0.2, 0.25) is 0 Å². The molecule has 0 saturated heterocycles. The van der Waals surface area contributed by atoms with E-state index in [1.54, 1.807) is 0 Å². The standard InChI is InChI=1S/C21H22O2/c22-14-19-15-11-12-16(13-15)20(19)21(23,17-7-3-1-4-8-17)18-9-5-2-6-10-18/h1-12,15-16,19-20,22-23H,13-14H2/t15-,16+,19-,20+/m1/s1. The summed E-state index contributed by atoms with van der Waals surface area (Å²) in [6.45, 7) is 0.123. The number of allylic oxidation sites excluding steroid dienone is 2. The normalized spacial score (nSPS) is 29.1. The third-order valence-electron chi connectivity index (χ3n) is 5.74. The van der Waals surface area contributed by atoms with Crippen LogP contribution < -0.4 is 0 Å². The summed E-state index contributed by atoms with van der Waals surface area (Å²) in [5.74, 6) is 0.819. The molecule has 2 aromatic rings. The minimum absolute atomic E-state index is 0.00676. The highest BCUT2D eigenvalue weighted by Crippen LogP contribution is 2.56. The van der Waals surface area contributed by atoms with Crippen LogP contribution in [0.25, 0.3) is 0 Å². The molecule has 118 valence electrons. The molecule has 2 aromatic carbocycles. The van der Waals surface area contributed by atoms with E-state index in [-0.39, 0.29) is 18.4 Å². The maximum atomic E-state index is 11.9. The van der Waals surface area contributed by atoms with Crippen molar-refractivity contribution < 1.29 is 10.2 Å². The van der Waals surface area contributed by atoms with E-state index in [0.29, 0.717) is 11.8 Å². The monoisotopic (exact) mass is 306 g/mol. The molecule has 0 amide bonds. The lowest BCUT2D eigenvalue weighted by molar-refractivity contribution is -0.0306. The lowest BCUT2D eigenvalue weighted by atomic mass is 9.66. The molecule has 23 heavy (non-hydrogen) atoms. The smallest absolute Gasteiger partial charge is 0.118 e. The van der Waals surface area contributed by atoms with Gasteiger partial charge in [-0.2, -0.15) is 0 Å². The summed E-state index contributed by atoms with van der Waals surface area (Å²) in [5.41, 5.74) is 0.756. The largest absolute Gasteiger partial charge is 0.396 e. The highest BCUT2D eigenvalue weighted by Gasteiger charge is 2.54. The number of hydrogen-bond acceptors (Lipinski definition) is 2. The summed E-state index contributed by atoms with van der Waals surface area (Å²) < 4.78 is 0. The SMILES string of the molecule is OC[C@H]1[C@@H](C(O)(c2ccccc2)c2ccccc2)[C@H]2C=C[C@@H]1C2. The fourth-order valence-corrected chi connectivity index (χ4v) is 4.73. The molecule has 4 rings (SSSR count). The first-order valence-electron chi connectivity index (χ1n) is 8.37. The summed E-state index contributed by atoms with van der Waals surface area (Å²) in [4.78, 5) is 0. The summed E-state index contributed by atoms with van der Waals surface area (Å²) in [7, 11) is 0. The maximum absolute atomic E-state index is 11.9. The zero-order chi connectivity index (χ0) is 15.9. The van der Waals surface area contributed by atoms with E-state index in [4.69, 9.17) is 0 Å². The zero-order valence-electron chi connectivity index (χ0n) is 13.0. The van der Waals surface area contributed by atoms with Crippen LogP contribution >= 0.6 is 0 Å². The van der Waals surface area contributed by atoms with Gasteiger partial charge >= 0.3 is 0 Å². The van der Waals surface area contributed by atoms with Crippen molar-refractivity contribution in [2.75, 3.05) is 6.61 Å². The molecule has 2 aliphatic carbocycles. The van der Waals surface area contributed by atoms with E-state index in [1.165, 1.54) is 0 Å². The van der Waals surface area contributed by atoms with Gasteiger partial charge in [0.15, 0.2) is 0 Å². The highest BCUT2D eigenvalue weighted by molar-refractivity contribution is 5.39. The van der Waals surface area contributed by atoms with Crippen LogP contribution in [0.1, 0.15) is 17.5 Å². The van der Waals surface area contributed by atoms with Crippen molar-refractivity contribution in [1.29, 1.82) is 0 Å². The lowest BCUT2D eigenvalue weighted by Crippen LogP contribution is -2.43. The first-order valence-corrected chi connectivity index (χ1v) is 8.37. The lowest BCUT2D eigenvalue weighted by Gasteiger charge is -2.42. The summed E-state index contributed by atoms with van der Waals surface area (Å²) in [5, 5.41) is 21.9. The van der Waals surface area contributed by atoms with Gasteiger partial charge in [-0.15, -0.1) is 0 Å². The molecule has 0 heterocycles. The van der Waals surface area contributed by atoms with Crippen LogP contribution in [-0.2, 0) is 5.60 Å². The number of fused-ring (bicyclic) bond motifs is 2. The van der Waals surface area contributed by atoms with E-state index in [1.807, 2.05) is 60.7 Å². The second kappa shape index (κ2) is 5.63. The Labute approximate surface area is 137 Å². The minimum Gasteiger partial charge on any atom is -0.396 e. The van der Waals surface area contributed by atoms with Gasteiger partial charge in [-0.25, -0.2) is 0 Å². The number of hydrogen-bond donors (Lipinski definition) is 2. The molecule has 2 nitrogen and oxygen atoms in total. The fourth-order valence-electron chi connectivity index (χ4n) is 4.73. The fraction of sp³-hybridized carbons (Fsp3) is 0.333. The summed E-state index contributed by atoms with van der Waals surface area (Å²) >= 11 is 0. The van der Waals surface area contributed by atoms with Crippen LogP contribution in [-0.4, -0.2) is 16.8 Å². The molecule has 2 bridgehead atoms. The van der Waals surface area contributed by atoms with E-state index in [9.17, 15) is 10.2 Å². The van der Waals surface area contributed by atoms with Crippen LogP contribution in [0.15, 0.2) is 72.8 Å². The Morgan fingerprint density at radius 1 is 0.826 bits per heavy atom. The van der Waals surface area contributed by atoms with Crippen molar-refractivity contribution in [1.82, 2.24) is 0 Å². The van der Waals surface area contributed by atoms with Gasteiger partial charge in [0.05, 0.1) is 0 Å². The second-order valence-electron chi connectivity index (χ2n) is 6.82. The molecule has 2 N–H and O–H groups in total. The van der Waals surface area contributed by atoms with E-state index in [2.05, 4.69) is 12.2 Å². The van der Waals surface area contributed by atoms with Crippen LogP contribution in [0.5, 0.6) is 0 Å². The van der Waals surface area contributed by atoms with Crippen LogP contribution in [0, 0.1) is 23.7 Å². The molecule has 4 atom stereocenters. The first-order chi connectivity index (χ1) is 11.2. The van der Waals surface area contributed by atoms with Crippen molar-refractivity contribution >= 4 is 0 Å². The van der Waals surface area contributed by atoms with Crippen LogP contribution in [0.3, 0.4) is 0 Å². The molecule has 2 aliphatic rings. The van der Waals surface area contributed by atoms with Gasteiger partial charge in [0.2, 0.25) is 0 Å². The highest BCUT2D eigenvalue weighted by atomic mass is 16.3. The van der Waals surface area contributed by atoms with Crippen molar-refractivity contribution in [3.05, 3.63) is 83.9 Å². The Kier molecular flexibility index (Phi) is 3.59. The van der Waals surface area contributed by atoms with Gasteiger partial charge in [0.1, 0.15) is 5.60 Å². The van der Waals surface area contributed by atoms with Crippen molar-refractivity contribution in [2.45, 2.75) is 12.0 Å². The Morgan fingerprint density at radius 2 is 1.35 bits per heavy atom. The van der Waals surface area contributed by atoms with Gasteiger partial charge in [-0.1, -0.05) is 72.8 Å². The van der Waals surface area contributed by atoms with Gasteiger partial charge in [-0.3, -0.25) is 0 Å². The molecular formula is C21H22O2. The minimum atomic E-state index is -1.07. The molecule has 0 aromatic heterocycles. The summed E-state index contributed by atoms with van der Waals surface area (Å²) in [6.07, 6.45) is 5.49. The Bertz CT molecular complexity index is 653. The van der Waals surface area contributed by atoms with Gasteiger partial charge in [0, 0.05) is 12.5 Å². The maximum Gasteiger partial charge on any atom is 0.118 e. The molecule has 1 saturated carbocycles. The van der Waals surface area contributed by atoms with Crippen molar-refractivity contribution in [3.63, 3.8) is 0 Å². The Hall–Kier alpha value is -1.90. The number of benzene rings is 2. The molecular weight excluding hydrogens is 284 g/mol. The van der Waals surface area contributed by atoms with E-state index < -0.39 is 5.60 Å². The number of rotatable bonds is 4. The average Bonchev–Trinajstić information content (AvgIpc) is 3.23. The van der Waals surface area contributed by atoms with Gasteiger partial charge in [-0.05, 0) is 35.3 Å². The quantitative estimate of drug-likeness (QED) is 0.851. The van der Waals surface area contributed by atoms with Crippen LogP contribution in [0.4, 0.5) is 0 Å². The van der Waals surface area contributed by atoms with E-state index in [0.717, 1.165) is 17.5 Å². The average molecular weight is 306 g/mol. The van der Waals surface area contributed by atoms with Gasteiger partial charge < -0.3 is 10.2 Å². The third-order valence-corrected chi connectivity index (χ3v) is 5.74. The van der Waals surface area contributed by atoms with E-state index >= 15 is 0 Å². The Morgan fingerprint density at radius 3 is 1.87 bits per heavy atom. The predicted octanol–water partition coefficient (Wildman–Crippen LogP) is 3.35. The second-order valence-corrected chi connectivity index (χ2v) is 6.82. The third kappa shape index (κ3) is 2.17. The molecule has 1 fully saturated rings.